The molecule has 5 nitrogen and oxygen atoms in total. The molecule has 1 aromatic heterocycles. The molecular formula is C11H19N3O2S2. The lowest BCUT2D eigenvalue weighted by Gasteiger charge is -2.33. The summed E-state index contributed by atoms with van der Waals surface area (Å²) >= 11 is 1.66. The minimum absolute atomic E-state index is 0.459. The zero-order valence-electron chi connectivity index (χ0n) is 10.7. The van der Waals surface area contributed by atoms with Crippen LogP contribution < -0.4 is 4.90 Å². The Morgan fingerprint density at radius 3 is 2.67 bits per heavy atom. The Hall–Kier alpha value is -0.660. The molecule has 2 rings (SSSR count). The standard InChI is InChI=1S/C11H19N3O2S2/c1-13(18(2,15)16)9-10-3-6-14(7-4-10)11-12-5-8-17-11/h5,8,10H,3-4,6-7,9H2,1-2H3. The topological polar surface area (TPSA) is 53.5 Å². The number of hydrogen-bond acceptors (Lipinski definition) is 5. The molecule has 0 unspecified atom stereocenters. The van der Waals surface area contributed by atoms with Crippen molar-refractivity contribution < 1.29 is 8.42 Å². The Morgan fingerprint density at radius 1 is 1.50 bits per heavy atom. The molecule has 2 heterocycles. The lowest BCUT2D eigenvalue weighted by Crippen LogP contribution is -2.39. The number of sulfonamides is 1. The van der Waals surface area contributed by atoms with Crippen LogP contribution >= 0.6 is 11.3 Å². The van der Waals surface area contributed by atoms with E-state index in [0.29, 0.717) is 12.5 Å². The van der Waals surface area contributed by atoms with Gasteiger partial charge in [0.1, 0.15) is 0 Å². The van der Waals surface area contributed by atoms with Gasteiger partial charge in [0, 0.05) is 38.3 Å². The van der Waals surface area contributed by atoms with E-state index < -0.39 is 10.0 Å². The first-order valence-electron chi connectivity index (χ1n) is 6.02. The van der Waals surface area contributed by atoms with Gasteiger partial charge in [-0.05, 0) is 18.8 Å². The van der Waals surface area contributed by atoms with Crippen molar-refractivity contribution >= 4 is 26.5 Å². The van der Waals surface area contributed by atoms with Crippen molar-refractivity contribution in [2.75, 3.05) is 37.8 Å². The van der Waals surface area contributed by atoms with Crippen LogP contribution in [0.1, 0.15) is 12.8 Å². The van der Waals surface area contributed by atoms with E-state index in [0.717, 1.165) is 31.1 Å². The van der Waals surface area contributed by atoms with Gasteiger partial charge >= 0.3 is 0 Å². The van der Waals surface area contributed by atoms with Crippen molar-refractivity contribution in [2.24, 2.45) is 5.92 Å². The van der Waals surface area contributed by atoms with E-state index in [-0.39, 0.29) is 0 Å². The van der Waals surface area contributed by atoms with Gasteiger partial charge in [0.2, 0.25) is 10.0 Å². The summed E-state index contributed by atoms with van der Waals surface area (Å²) in [7, 11) is -1.39. The first kappa shape index (κ1) is 13.8. The molecule has 1 saturated heterocycles. The quantitative estimate of drug-likeness (QED) is 0.837. The Labute approximate surface area is 112 Å². The Morgan fingerprint density at radius 2 is 2.17 bits per heavy atom. The fourth-order valence-electron chi connectivity index (χ4n) is 2.18. The van der Waals surface area contributed by atoms with Crippen LogP contribution in [-0.2, 0) is 10.0 Å². The molecule has 0 atom stereocenters. The molecule has 0 spiro atoms. The summed E-state index contributed by atoms with van der Waals surface area (Å²) in [5, 5.41) is 3.06. The maximum absolute atomic E-state index is 11.4. The fourth-order valence-corrected chi connectivity index (χ4v) is 3.36. The SMILES string of the molecule is CN(CC1CCN(c2nccs2)CC1)S(C)(=O)=O. The first-order valence-corrected chi connectivity index (χ1v) is 8.75. The Kier molecular flexibility index (Phi) is 4.24. The Bertz CT molecular complexity index is 464. The monoisotopic (exact) mass is 289 g/mol. The van der Waals surface area contributed by atoms with Gasteiger partial charge < -0.3 is 4.90 Å². The highest BCUT2D eigenvalue weighted by Gasteiger charge is 2.23. The molecule has 102 valence electrons. The van der Waals surface area contributed by atoms with Gasteiger partial charge in [-0.15, -0.1) is 11.3 Å². The smallest absolute Gasteiger partial charge is 0.210 e. The largest absolute Gasteiger partial charge is 0.348 e. The molecule has 1 aliphatic rings. The van der Waals surface area contributed by atoms with E-state index in [1.807, 2.05) is 11.6 Å². The van der Waals surface area contributed by atoms with Gasteiger partial charge in [0.15, 0.2) is 5.13 Å². The van der Waals surface area contributed by atoms with Crippen LogP contribution in [0.2, 0.25) is 0 Å². The van der Waals surface area contributed by atoms with Crippen molar-refractivity contribution in [3.05, 3.63) is 11.6 Å². The molecule has 1 aromatic rings. The predicted molar refractivity (Wildman–Crippen MR) is 74.5 cm³/mol. The summed E-state index contributed by atoms with van der Waals surface area (Å²) in [4.78, 5) is 6.58. The summed E-state index contributed by atoms with van der Waals surface area (Å²) in [6.45, 7) is 2.57. The average Bonchev–Trinajstić information content (AvgIpc) is 2.82. The lowest BCUT2D eigenvalue weighted by molar-refractivity contribution is 0.329. The third-order valence-corrected chi connectivity index (χ3v) is 5.50. The number of piperidine rings is 1. The van der Waals surface area contributed by atoms with E-state index in [2.05, 4.69) is 9.88 Å². The number of nitrogens with zero attached hydrogens (tertiary/aromatic N) is 3. The highest BCUT2D eigenvalue weighted by atomic mass is 32.2. The van der Waals surface area contributed by atoms with Crippen molar-refractivity contribution in [3.63, 3.8) is 0 Å². The van der Waals surface area contributed by atoms with Gasteiger partial charge in [0.25, 0.3) is 0 Å². The Balaban J connectivity index is 1.84. The number of thiazole rings is 1. The zero-order valence-corrected chi connectivity index (χ0v) is 12.4. The summed E-state index contributed by atoms with van der Waals surface area (Å²) in [6, 6.07) is 0. The van der Waals surface area contributed by atoms with Crippen LogP contribution in [0, 0.1) is 5.92 Å². The highest BCUT2D eigenvalue weighted by Crippen LogP contribution is 2.25. The number of anilines is 1. The summed E-state index contributed by atoms with van der Waals surface area (Å²) in [5.41, 5.74) is 0. The van der Waals surface area contributed by atoms with Gasteiger partial charge in [-0.1, -0.05) is 0 Å². The summed E-state index contributed by atoms with van der Waals surface area (Å²) < 4.78 is 24.2. The van der Waals surface area contributed by atoms with E-state index >= 15 is 0 Å². The van der Waals surface area contributed by atoms with E-state index in [1.54, 1.807) is 18.4 Å². The summed E-state index contributed by atoms with van der Waals surface area (Å²) in [6.07, 6.45) is 5.14. The molecule has 0 saturated carbocycles. The zero-order chi connectivity index (χ0) is 13.2. The van der Waals surface area contributed by atoms with Crippen molar-refractivity contribution in [1.82, 2.24) is 9.29 Å². The summed E-state index contributed by atoms with van der Waals surface area (Å²) in [5.74, 6) is 0.459. The number of hydrogen-bond donors (Lipinski definition) is 0. The predicted octanol–water partition coefficient (Wildman–Crippen LogP) is 1.25. The van der Waals surface area contributed by atoms with Crippen LogP contribution in [0.5, 0.6) is 0 Å². The van der Waals surface area contributed by atoms with E-state index in [1.165, 1.54) is 10.6 Å². The second-order valence-corrected chi connectivity index (χ2v) is 7.75. The van der Waals surface area contributed by atoms with Crippen LogP contribution in [0.25, 0.3) is 0 Å². The second-order valence-electron chi connectivity index (χ2n) is 4.79. The third-order valence-electron chi connectivity index (χ3n) is 3.39. The van der Waals surface area contributed by atoms with Crippen molar-refractivity contribution in [1.29, 1.82) is 0 Å². The molecule has 1 fully saturated rings. The van der Waals surface area contributed by atoms with Crippen LogP contribution in [0.15, 0.2) is 11.6 Å². The minimum atomic E-state index is -3.05. The van der Waals surface area contributed by atoms with Crippen molar-refractivity contribution in [3.8, 4) is 0 Å². The molecule has 0 N–H and O–H groups in total. The molecule has 18 heavy (non-hydrogen) atoms. The minimum Gasteiger partial charge on any atom is -0.348 e. The lowest BCUT2D eigenvalue weighted by atomic mass is 9.97. The average molecular weight is 289 g/mol. The molecule has 0 amide bonds. The number of rotatable bonds is 4. The van der Waals surface area contributed by atoms with Gasteiger partial charge in [-0.3, -0.25) is 0 Å². The number of aromatic nitrogens is 1. The molecule has 0 aliphatic carbocycles. The van der Waals surface area contributed by atoms with Crippen LogP contribution in [-0.4, -0.2) is 50.6 Å². The van der Waals surface area contributed by atoms with Crippen LogP contribution in [0.4, 0.5) is 5.13 Å². The first-order chi connectivity index (χ1) is 8.47. The van der Waals surface area contributed by atoms with Crippen LogP contribution in [0.3, 0.4) is 0 Å². The van der Waals surface area contributed by atoms with Gasteiger partial charge in [0.05, 0.1) is 6.26 Å². The maximum atomic E-state index is 11.4. The molecule has 1 aliphatic heterocycles. The molecule has 7 heteroatoms. The molecular weight excluding hydrogens is 270 g/mol. The van der Waals surface area contributed by atoms with Gasteiger partial charge in [-0.25, -0.2) is 17.7 Å². The van der Waals surface area contributed by atoms with Gasteiger partial charge in [-0.2, -0.15) is 0 Å². The molecule has 0 radical (unpaired) electrons. The van der Waals surface area contributed by atoms with Crippen molar-refractivity contribution in [2.45, 2.75) is 12.8 Å². The molecule has 0 aromatic carbocycles. The fraction of sp³-hybridized carbons (Fsp3) is 0.727. The van der Waals surface area contributed by atoms with E-state index in [4.69, 9.17) is 0 Å². The van der Waals surface area contributed by atoms with E-state index in [9.17, 15) is 8.42 Å². The normalized spacial score (nSPS) is 18.5. The second kappa shape index (κ2) is 5.54. The highest BCUT2D eigenvalue weighted by molar-refractivity contribution is 7.88. The molecule has 0 bridgehead atoms. The maximum Gasteiger partial charge on any atom is 0.210 e. The third kappa shape index (κ3) is 3.43.